The van der Waals surface area contributed by atoms with Gasteiger partial charge in [0.2, 0.25) is 11.8 Å². The Balaban J connectivity index is 2.00. The fourth-order valence-electron chi connectivity index (χ4n) is 2.89. The fraction of sp³-hybridized carbons (Fsp3) is 0.562. The third kappa shape index (κ3) is 3.70. The molecule has 0 spiro atoms. The van der Waals surface area contributed by atoms with E-state index in [9.17, 15) is 24.0 Å². The average Bonchev–Trinajstić information content (AvgIpc) is 2.85. The first-order valence-electron chi connectivity index (χ1n) is 7.89. The minimum absolute atomic E-state index is 0.407. The SMILES string of the molecule is COC(=O)NC(=O)[C@H](C)OC(=O)[C@H](C)N1C(=O)[C@H]2CC=CC[C@H]2C1=O. The molecule has 0 aromatic heterocycles. The van der Waals surface area contributed by atoms with Gasteiger partial charge < -0.3 is 9.47 Å². The van der Waals surface area contributed by atoms with Crippen molar-refractivity contribution in [3.63, 3.8) is 0 Å². The molecule has 4 amide bonds. The van der Waals surface area contributed by atoms with Gasteiger partial charge in [-0.3, -0.25) is 24.6 Å². The van der Waals surface area contributed by atoms with E-state index in [1.807, 2.05) is 17.5 Å². The summed E-state index contributed by atoms with van der Waals surface area (Å²) in [5.74, 6) is -3.49. The van der Waals surface area contributed by atoms with Gasteiger partial charge in [-0.05, 0) is 26.7 Å². The van der Waals surface area contributed by atoms with Crippen molar-refractivity contribution in [1.82, 2.24) is 10.2 Å². The number of carbonyl (C=O) groups is 5. The maximum absolute atomic E-state index is 12.4. The highest BCUT2D eigenvalue weighted by atomic mass is 16.6. The average molecular weight is 352 g/mol. The summed E-state index contributed by atoms with van der Waals surface area (Å²) in [6.07, 6.45) is 2.35. The number of hydrogen-bond donors (Lipinski definition) is 1. The molecule has 1 saturated heterocycles. The molecule has 25 heavy (non-hydrogen) atoms. The summed E-state index contributed by atoms with van der Waals surface area (Å²) < 4.78 is 9.23. The van der Waals surface area contributed by atoms with Crippen molar-refractivity contribution in [2.45, 2.75) is 38.8 Å². The molecule has 1 aliphatic heterocycles. The van der Waals surface area contributed by atoms with Crippen molar-refractivity contribution < 1.29 is 33.4 Å². The van der Waals surface area contributed by atoms with Gasteiger partial charge in [0.1, 0.15) is 6.04 Å². The standard InChI is InChI=1S/C16H20N2O7/c1-8(15(22)25-9(2)12(19)17-16(23)24-3)18-13(20)10-6-4-5-7-11(10)14(18)21/h4-5,8-11H,6-7H2,1-3H3,(H,17,19,23)/t8-,9-,10-,11+/m0/s1. The molecular weight excluding hydrogens is 332 g/mol. The smallest absolute Gasteiger partial charge is 0.413 e. The Bertz CT molecular complexity index is 616. The molecule has 9 nitrogen and oxygen atoms in total. The second-order valence-electron chi connectivity index (χ2n) is 5.94. The van der Waals surface area contributed by atoms with E-state index in [-0.39, 0.29) is 0 Å². The van der Waals surface area contributed by atoms with Crippen LogP contribution in [0.15, 0.2) is 12.2 Å². The van der Waals surface area contributed by atoms with E-state index in [0.29, 0.717) is 12.8 Å². The molecule has 0 bridgehead atoms. The number of imide groups is 2. The van der Waals surface area contributed by atoms with Crippen LogP contribution >= 0.6 is 0 Å². The van der Waals surface area contributed by atoms with Crippen molar-refractivity contribution in [3.05, 3.63) is 12.2 Å². The van der Waals surface area contributed by atoms with Crippen LogP contribution in [0.3, 0.4) is 0 Å². The van der Waals surface area contributed by atoms with Crippen LogP contribution in [0.4, 0.5) is 4.79 Å². The second-order valence-corrected chi connectivity index (χ2v) is 5.94. The Labute approximate surface area is 144 Å². The molecular formula is C16H20N2O7. The van der Waals surface area contributed by atoms with Gasteiger partial charge in [-0.1, -0.05) is 12.2 Å². The number of nitrogens with one attached hydrogen (secondary N) is 1. The number of carbonyl (C=O) groups excluding carboxylic acids is 5. The van der Waals surface area contributed by atoms with E-state index in [1.54, 1.807) is 0 Å². The number of esters is 1. The first-order valence-corrected chi connectivity index (χ1v) is 7.89. The first kappa shape index (κ1) is 18.6. The lowest BCUT2D eigenvalue weighted by molar-refractivity contribution is -0.163. The third-order valence-electron chi connectivity index (χ3n) is 4.34. The number of alkyl carbamates (subject to hydrolysis) is 1. The molecule has 0 aromatic carbocycles. The molecule has 1 aliphatic carbocycles. The number of amides is 4. The summed E-state index contributed by atoms with van der Waals surface area (Å²) in [6.45, 7) is 2.63. The summed E-state index contributed by atoms with van der Waals surface area (Å²) in [7, 11) is 1.08. The Morgan fingerprint density at radius 2 is 1.64 bits per heavy atom. The van der Waals surface area contributed by atoms with Crippen LogP contribution in [0.2, 0.25) is 0 Å². The number of ether oxygens (including phenoxy) is 2. The zero-order valence-electron chi connectivity index (χ0n) is 14.2. The maximum atomic E-state index is 12.4. The molecule has 4 atom stereocenters. The fourth-order valence-corrected chi connectivity index (χ4v) is 2.89. The number of nitrogens with zero attached hydrogens (tertiary/aromatic N) is 1. The summed E-state index contributed by atoms with van der Waals surface area (Å²) in [5.41, 5.74) is 0. The largest absolute Gasteiger partial charge is 0.453 e. The Hall–Kier alpha value is -2.71. The van der Waals surface area contributed by atoms with E-state index in [1.165, 1.54) is 13.8 Å². The van der Waals surface area contributed by atoms with Crippen LogP contribution in [0.25, 0.3) is 0 Å². The highest BCUT2D eigenvalue weighted by Gasteiger charge is 2.50. The minimum Gasteiger partial charge on any atom is -0.453 e. The lowest BCUT2D eigenvalue weighted by Crippen LogP contribution is -2.47. The van der Waals surface area contributed by atoms with Gasteiger partial charge in [0, 0.05) is 0 Å². The first-order chi connectivity index (χ1) is 11.8. The zero-order valence-corrected chi connectivity index (χ0v) is 14.2. The van der Waals surface area contributed by atoms with Gasteiger partial charge in [-0.2, -0.15) is 0 Å². The summed E-state index contributed by atoms with van der Waals surface area (Å²) in [4.78, 5) is 60.6. The monoisotopic (exact) mass is 352 g/mol. The molecule has 0 unspecified atom stereocenters. The van der Waals surface area contributed by atoms with Crippen molar-refractivity contribution in [1.29, 1.82) is 0 Å². The number of allylic oxidation sites excluding steroid dienone is 2. The van der Waals surface area contributed by atoms with Gasteiger partial charge in [-0.15, -0.1) is 0 Å². The predicted molar refractivity (Wildman–Crippen MR) is 82.8 cm³/mol. The van der Waals surface area contributed by atoms with Crippen molar-refractivity contribution in [3.8, 4) is 0 Å². The Morgan fingerprint density at radius 1 is 1.12 bits per heavy atom. The van der Waals surface area contributed by atoms with E-state index >= 15 is 0 Å². The van der Waals surface area contributed by atoms with E-state index < -0.39 is 53.8 Å². The number of hydrogen-bond acceptors (Lipinski definition) is 7. The van der Waals surface area contributed by atoms with E-state index in [4.69, 9.17) is 4.74 Å². The van der Waals surface area contributed by atoms with Crippen molar-refractivity contribution >= 4 is 29.8 Å². The summed E-state index contributed by atoms with van der Waals surface area (Å²) in [6, 6.07) is -1.15. The lowest BCUT2D eigenvalue weighted by Gasteiger charge is -2.23. The molecule has 2 aliphatic rings. The topological polar surface area (TPSA) is 119 Å². The van der Waals surface area contributed by atoms with E-state index in [2.05, 4.69) is 4.74 Å². The third-order valence-corrected chi connectivity index (χ3v) is 4.34. The van der Waals surface area contributed by atoms with Crippen molar-refractivity contribution in [2.75, 3.05) is 7.11 Å². The van der Waals surface area contributed by atoms with Gasteiger partial charge in [-0.25, -0.2) is 9.59 Å². The highest BCUT2D eigenvalue weighted by Crippen LogP contribution is 2.36. The van der Waals surface area contributed by atoms with Crippen LogP contribution in [-0.4, -0.2) is 53.9 Å². The van der Waals surface area contributed by atoms with Crippen LogP contribution in [0.1, 0.15) is 26.7 Å². The molecule has 0 radical (unpaired) electrons. The van der Waals surface area contributed by atoms with Crippen LogP contribution in [0.5, 0.6) is 0 Å². The molecule has 1 heterocycles. The molecule has 0 saturated carbocycles. The predicted octanol–water partition coefficient (Wildman–Crippen LogP) is 0.140. The van der Waals surface area contributed by atoms with Gasteiger partial charge in [0.25, 0.3) is 5.91 Å². The summed E-state index contributed by atoms with van der Waals surface area (Å²) in [5, 5.41) is 1.87. The van der Waals surface area contributed by atoms with Gasteiger partial charge in [0.15, 0.2) is 6.10 Å². The van der Waals surface area contributed by atoms with Crippen molar-refractivity contribution in [2.24, 2.45) is 11.8 Å². The normalized spacial score (nSPS) is 24.4. The minimum atomic E-state index is -1.29. The molecule has 9 heteroatoms. The summed E-state index contributed by atoms with van der Waals surface area (Å²) >= 11 is 0. The van der Waals surface area contributed by atoms with Gasteiger partial charge >= 0.3 is 12.1 Å². The highest BCUT2D eigenvalue weighted by molar-refractivity contribution is 6.08. The quantitative estimate of drug-likeness (QED) is 0.434. The number of fused-ring (bicyclic) bond motifs is 1. The molecule has 2 rings (SSSR count). The van der Waals surface area contributed by atoms with Crippen LogP contribution < -0.4 is 5.32 Å². The molecule has 1 N–H and O–H groups in total. The van der Waals surface area contributed by atoms with Crippen LogP contribution in [-0.2, 0) is 28.7 Å². The Morgan fingerprint density at radius 3 is 2.12 bits per heavy atom. The maximum Gasteiger partial charge on any atom is 0.413 e. The number of likely N-dealkylation sites (tertiary alicyclic amines) is 1. The Kier molecular flexibility index (Phi) is 5.55. The number of rotatable bonds is 4. The molecule has 1 fully saturated rings. The molecule has 0 aromatic rings. The number of methoxy groups -OCH3 is 1. The van der Waals surface area contributed by atoms with Gasteiger partial charge in [0.05, 0.1) is 18.9 Å². The molecule has 136 valence electrons. The zero-order chi connectivity index (χ0) is 18.7. The lowest BCUT2D eigenvalue weighted by atomic mass is 9.85. The van der Waals surface area contributed by atoms with E-state index in [0.717, 1.165) is 12.0 Å². The van der Waals surface area contributed by atoms with Crippen LogP contribution in [0, 0.1) is 11.8 Å². The second kappa shape index (κ2) is 7.45.